The Hall–Kier alpha value is -4.71. The number of nitrogens with one attached hydrogen (secondary N) is 1. The minimum Gasteiger partial charge on any atom is -0.480 e. The van der Waals surface area contributed by atoms with Crippen LogP contribution in [0.15, 0.2) is 108 Å². The van der Waals surface area contributed by atoms with E-state index < -0.39 is 6.10 Å². The highest BCUT2D eigenvalue weighted by molar-refractivity contribution is 5.91. The fourth-order valence-electron chi connectivity index (χ4n) is 3.93. The zero-order chi connectivity index (χ0) is 24.9. The van der Waals surface area contributed by atoms with E-state index in [9.17, 15) is 4.79 Å². The standard InChI is InChI=1S/C30H26N4O2/c1-21-15-17-24(18-16-21)29-25(20-34(33-29)26-11-4-3-5-12-26)19-31-32-30(35)22(2)36-28-14-8-10-23-9-6-7-13-27(23)28/h3-20,22H,1-2H3,(H,32,35)/b31-19+. The number of nitrogens with zero attached hydrogens (tertiary/aromatic N) is 3. The molecular weight excluding hydrogens is 448 g/mol. The fourth-order valence-corrected chi connectivity index (χ4v) is 3.93. The summed E-state index contributed by atoms with van der Waals surface area (Å²) < 4.78 is 7.77. The summed E-state index contributed by atoms with van der Waals surface area (Å²) in [5, 5.41) is 11.0. The summed E-state index contributed by atoms with van der Waals surface area (Å²) in [7, 11) is 0. The van der Waals surface area contributed by atoms with Crippen molar-refractivity contribution in [1.29, 1.82) is 0 Å². The van der Waals surface area contributed by atoms with Gasteiger partial charge in [-0.1, -0.05) is 84.4 Å². The molecule has 0 fully saturated rings. The Balaban J connectivity index is 1.34. The Kier molecular flexibility index (Phi) is 6.58. The summed E-state index contributed by atoms with van der Waals surface area (Å²) in [6, 6.07) is 31.7. The Morgan fingerprint density at radius 1 is 0.944 bits per heavy atom. The number of carbonyl (C=O) groups is 1. The van der Waals surface area contributed by atoms with Gasteiger partial charge >= 0.3 is 0 Å². The highest BCUT2D eigenvalue weighted by Gasteiger charge is 2.16. The molecule has 0 aliphatic carbocycles. The third-order valence-corrected chi connectivity index (χ3v) is 5.89. The number of hydrazone groups is 1. The van der Waals surface area contributed by atoms with Gasteiger partial charge in [-0.15, -0.1) is 0 Å². The van der Waals surface area contributed by atoms with E-state index in [-0.39, 0.29) is 5.91 Å². The van der Waals surface area contributed by atoms with Crippen molar-refractivity contribution in [3.8, 4) is 22.7 Å². The van der Waals surface area contributed by atoms with Crippen molar-refractivity contribution in [3.05, 3.63) is 114 Å². The Morgan fingerprint density at radius 3 is 2.47 bits per heavy atom. The minimum atomic E-state index is -0.725. The number of rotatable bonds is 7. The number of ether oxygens (including phenoxy) is 1. The zero-order valence-corrected chi connectivity index (χ0v) is 20.1. The van der Waals surface area contributed by atoms with E-state index in [2.05, 4.69) is 10.5 Å². The number of aromatic nitrogens is 2. The first-order valence-electron chi connectivity index (χ1n) is 11.8. The molecule has 1 aromatic heterocycles. The summed E-state index contributed by atoms with van der Waals surface area (Å²) >= 11 is 0. The van der Waals surface area contributed by atoms with Gasteiger partial charge < -0.3 is 4.74 Å². The van der Waals surface area contributed by atoms with E-state index in [1.165, 1.54) is 5.56 Å². The maximum absolute atomic E-state index is 12.7. The van der Waals surface area contributed by atoms with Crippen molar-refractivity contribution in [1.82, 2.24) is 15.2 Å². The molecule has 1 unspecified atom stereocenters. The number of hydrogen-bond acceptors (Lipinski definition) is 4. The second-order valence-corrected chi connectivity index (χ2v) is 8.55. The zero-order valence-electron chi connectivity index (χ0n) is 20.1. The van der Waals surface area contributed by atoms with Crippen LogP contribution in [0.3, 0.4) is 0 Å². The lowest BCUT2D eigenvalue weighted by Crippen LogP contribution is -2.33. The molecule has 6 nitrogen and oxygen atoms in total. The molecule has 36 heavy (non-hydrogen) atoms. The molecule has 0 saturated heterocycles. The van der Waals surface area contributed by atoms with Crippen molar-refractivity contribution >= 4 is 22.9 Å². The number of fused-ring (bicyclic) bond motifs is 1. The van der Waals surface area contributed by atoms with Crippen LogP contribution in [-0.4, -0.2) is 28.0 Å². The number of benzene rings is 4. The molecular formula is C30H26N4O2. The molecule has 178 valence electrons. The van der Waals surface area contributed by atoms with Crippen LogP contribution in [0.2, 0.25) is 0 Å². The maximum Gasteiger partial charge on any atom is 0.280 e. The smallest absolute Gasteiger partial charge is 0.280 e. The predicted octanol–water partition coefficient (Wildman–Crippen LogP) is 5.92. The van der Waals surface area contributed by atoms with Gasteiger partial charge in [0.15, 0.2) is 6.10 Å². The van der Waals surface area contributed by atoms with E-state index in [0.717, 1.165) is 33.3 Å². The molecule has 6 heteroatoms. The van der Waals surface area contributed by atoms with Crippen molar-refractivity contribution < 1.29 is 9.53 Å². The summed E-state index contributed by atoms with van der Waals surface area (Å²) in [5.74, 6) is 0.317. The van der Waals surface area contributed by atoms with Crippen LogP contribution in [0.25, 0.3) is 27.7 Å². The first-order chi connectivity index (χ1) is 17.6. The number of amides is 1. The van der Waals surface area contributed by atoms with Crippen molar-refractivity contribution in [2.45, 2.75) is 20.0 Å². The van der Waals surface area contributed by atoms with E-state index >= 15 is 0 Å². The molecule has 1 heterocycles. The van der Waals surface area contributed by atoms with Gasteiger partial charge in [0.1, 0.15) is 11.4 Å². The molecule has 0 saturated carbocycles. The molecule has 5 rings (SSSR count). The number of aryl methyl sites for hydroxylation is 1. The van der Waals surface area contributed by atoms with Crippen LogP contribution >= 0.6 is 0 Å². The second kappa shape index (κ2) is 10.3. The van der Waals surface area contributed by atoms with Gasteiger partial charge in [-0.05, 0) is 37.4 Å². The topological polar surface area (TPSA) is 68.5 Å². The molecule has 0 aliphatic rings. The Bertz CT molecular complexity index is 1520. The van der Waals surface area contributed by atoms with E-state index in [4.69, 9.17) is 9.84 Å². The monoisotopic (exact) mass is 474 g/mol. The second-order valence-electron chi connectivity index (χ2n) is 8.55. The number of para-hydroxylation sites is 1. The first kappa shape index (κ1) is 23.1. The number of carbonyl (C=O) groups excluding carboxylic acids is 1. The van der Waals surface area contributed by atoms with Crippen LogP contribution in [0.5, 0.6) is 5.75 Å². The SMILES string of the molecule is Cc1ccc(-c2nn(-c3ccccc3)cc2/C=N/NC(=O)C(C)Oc2cccc3ccccc23)cc1. The molecule has 5 aromatic rings. The molecule has 1 N–H and O–H groups in total. The largest absolute Gasteiger partial charge is 0.480 e. The van der Waals surface area contributed by atoms with Crippen molar-refractivity contribution in [3.63, 3.8) is 0 Å². The van der Waals surface area contributed by atoms with Gasteiger partial charge in [0.05, 0.1) is 11.9 Å². The quantitative estimate of drug-likeness (QED) is 0.235. The highest BCUT2D eigenvalue weighted by Crippen LogP contribution is 2.26. The van der Waals surface area contributed by atoms with Crippen LogP contribution in [0.1, 0.15) is 18.1 Å². The first-order valence-corrected chi connectivity index (χ1v) is 11.8. The molecule has 4 aromatic carbocycles. The lowest BCUT2D eigenvalue weighted by Gasteiger charge is -2.14. The van der Waals surface area contributed by atoms with Crippen LogP contribution in [-0.2, 0) is 4.79 Å². The predicted molar refractivity (Wildman–Crippen MR) is 144 cm³/mol. The van der Waals surface area contributed by atoms with Crippen LogP contribution < -0.4 is 10.2 Å². The summed E-state index contributed by atoms with van der Waals surface area (Å²) in [6.45, 7) is 3.75. The summed E-state index contributed by atoms with van der Waals surface area (Å²) in [5.41, 5.74) is 7.24. The third kappa shape index (κ3) is 5.03. The van der Waals surface area contributed by atoms with Gasteiger partial charge in [0, 0.05) is 22.7 Å². The highest BCUT2D eigenvalue weighted by atomic mass is 16.5. The summed E-state index contributed by atoms with van der Waals surface area (Å²) in [4.78, 5) is 12.7. The van der Waals surface area contributed by atoms with Crippen LogP contribution in [0.4, 0.5) is 0 Å². The average Bonchev–Trinajstić information content (AvgIpc) is 3.34. The Morgan fingerprint density at radius 2 is 1.67 bits per heavy atom. The van der Waals surface area contributed by atoms with Gasteiger partial charge in [-0.2, -0.15) is 10.2 Å². The molecule has 0 spiro atoms. The lowest BCUT2D eigenvalue weighted by atomic mass is 10.1. The van der Waals surface area contributed by atoms with Crippen LogP contribution in [0, 0.1) is 6.92 Å². The molecule has 1 atom stereocenters. The summed E-state index contributed by atoms with van der Waals surface area (Å²) in [6.07, 6.45) is 2.79. The molecule has 1 amide bonds. The third-order valence-electron chi connectivity index (χ3n) is 5.89. The molecule has 0 aliphatic heterocycles. The Labute approximate surface area is 209 Å². The van der Waals surface area contributed by atoms with E-state index in [1.54, 1.807) is 13.1 Å². The van der Waals surface area contributed by atoms with Gasteiger partial charge in [-0.3, -0.25) is 4.79 Å². The van der Waals surface area contributed by atoms with E-state index in [0.29, 0.717) is 5.75 Å². The van der Waals surface area contributed by atoms with Gasteiger partial charge in [0.2, 0.25) is 0 Å². The number of hydrogen-bond donors (Lipinski definition) is 1. The maximum atomic E-state index is 12.7. The van der Waals surface area contributed by atoms with Crippen molar-refractivity contribution in [2.24, 2.45) is 5.10 Å². The molecule has 0 bridgehead atoms. The van der Waals surface area contributed by atoms with Gasteiger partial charge in [-0.25, -0.2) is 10.1 Å². The fraction of sp³-hybridized carbons (Fsp3) is 0.100. The van der Waals surface area contributed by atoms with Crippen molar-refractivity contribution in [2.75, 3.05) is 0 Å². The minimum absolute atomic E-state index is 0.341. The van der Waals surface area contributed by atoms with Gasteiger partial charge in [0.25, 0.3) is 5.91 Å². The normalized spacial score (nSPS) is 12.1. The van der Waals surface area contributed by atoms with E-state index in [1.807, 2.05) is 115 Å². The lowest BCUT2D eigenvalue weighted by molar-refractivity contribution is -0.127. The average molecular weight is 475 g/mol. The molecule has 0 radical (unpaired) electrons.